The quantitative estimate of drug-likeness (QED) is 0.315. The fourth-order valence-corrected chi connectivity index (χ4v) is 6.80. The predicted molar refractivity (Wildman–Crippen MR) is 111 cm³/mol. The molecule has 0 spiro atoms. The van der Waals surface area contributed by atoms with Crippen LogP contribution in [0.5, 0.6) is 0 Å². The van der Waals surface area contributed by atoms with Crippen LogP contribution in [0.1, 0.15) is 52.5 Å². The molecule has 2 rings (SSSR count). The Morgan fingerprint density at radius 3 is 2.56 bits per heavy atom. The first-order valence-corrected chi connectivity index (χ1v) is 12.5. The molecule has 1 aromatic carbocycles. The molecule has 0 radical (unpaired) electrons. The van der Waals surface area contributed by atoms with Crippen molar-refractivity contribution in [3.8, 4) is 0 Å². The molecule has 0 aliphatic carbocycles. The molecule has 0 saturated carbocycles. The van der Waals surface area contributed by atoms with Crippen LogP contribution in [-0.4, -0.2) is 44.7 Å². The Morgan fingerprint density at radius 1 is 1.33 bits per heavy atom. The zero-order valence-corrected chi connectivity index (χ0v) is 18.6. The summed E-state index contributed by atoms with van der Waals surface area (Å²) in [4.78, 5) is 5.49. The van der Waals surface area contributed by atoms with Gasteiger partial charge in [0.25, 0.3) is 0 Å². The molecule has 1 aromatic rings. The van der Waals surface area contributed by atoms with Gasteiger partial charge in [-0.05, 0) is 30.5 Å². The summed E-state index contributed by atoms with van der Waals surface area (Å²) in [7, 11) is -0.530. The zero-order valence-electron chi connectivity index (χ0n) is 17.6. The van der Waals surface area contributed by atoms with E-state index in [0.717, 1.165) is 36.6 Å². The van der Waals surface area contributed by atoms with Crippen LogP contribution in [0, 0.1) is 0 Å². The summed E-state index contributed by atoms with van der Waals surface area (Å²) in [5.74, 6) is 0. The van der Waals surface area contributed by atoms with Gasteiger partial charge in [0.15, 0.2) is 21.2 Å². The van der Waals surface area contributed by atoms with Crippen LogP contribution < -0.4 is 0 Å². The van der Waals surface area contributed by atoms with Crippen LogP contribution in [-0.2, 0) is 14.0 Å². The van der Waals surface area contributed by atoms with Gasteiger partial charge in [0.05, 0.1) is 0 Å². The standard InChI is InChI=1S/C21H35NO4Si/c1-7-21(14-11-15-27(6,26-21)20(2,3)4)19(17-12-9-8-10-13-17)22-25-16-18(23)24-5/h8-10,12-13,18,23H,7,11,14-16H2,1-6H3/b22-19+. The SMILES string of the molecule is CCC1(/C(=N/OCC(O)OC)c2ccccc2)CCC[Si](C)(C(C)(C)C)O1. The van der Waals surface area contributed by atoms with E-state index < -0.39 is 20.2 Å². The molecule has 1 aliphatic heterocycles. The van der Waals surface area contributed by atoms with Crippen LogP contribution in [0.25, 0.3) is 0 Å². The Hall–Kier alpha value is -1.21. The molecule has 152 valence electrons. The molecule has 3 unspecified atom stereocenters. The summed E-state index contributed by atoms with van der Waals surface area (Å²) in [6.07, 6.45) is 1.88. The second kappa shape index (κ2) is 8.86. The fraction of sp³-hybridized carbons (Fsp3) is 0.667. The summed E-state index contributed by atoms with van der Waals surface area (Å²) in [5.41, 5.74) is 1.35. The van der Waals surface area contributed by atoms with Gasteiger partial charge in [-0.3, -0.25) is 0 Å². The number of aliphatic hydroxyl groups excluding tert-OH is 1. The van der Waals surface area contributed by atoms with Crippen molar-refractivity contribution in [3.05, 3.63) is 35.9 Å². The number of methoxy groups -OCH3 is 1. The van der Waals surface area contributed by atoms with Crippen molar-refractivity contribution in [3.63, 3.8) is 0 Å². The summed E-state index contributed by atoms with van der Waals surface area (Å²) in [5, 5.41) is 14.2. The molecule has 0 aromatic heterocycles. The third-order valence-electron chi connectivity index (χ3n) is 5.94. The lowest BCUT2D eigenvalue weighted by atomic mass is 9.85. The number of ether oxygens (including phenoxy) is 1. The lowest BCUT2D eigenvalue weighted by molar-refractivity contribution is -0.119. The number of oxime groups is 1. The van der Waals surface area contributed by atoms with Crippen molar-refractivity contribution in [1.29, 1.82) is 0 Å². The summed E-state index contributed by atoms with van der Waals surface area (Å²) in [6.45, 7) is 11.3. The van der Waals surface area contributed by atoms with E-state index in [1.165, 1.54) is 7.11 Å². The highest BCUT2D eigenvalue weighted by molar-refractivity contribution is 6.75. The van der Waals surface area contributed by atoms with Crippen molar-refractivity contribution in [2.45, 2.75) is 76.5 Å². The highest BCUT2D eigenvalue weighted by atomic mass is 28.4. The van der Waals surface area contributed by atoms with E-state index in [1.807, 2.05) is 30.3 Å². The summed E-state index contributed by atoms with van der Waals surface area (Å²) in [6, 6.07) is 11.2. The second-order valence-corrected chi connectivity index (χ2v) is 13.2. The van der Waals surface area contributed by atoms with Gasteiger partial charge in [0.1, 0.15) is 11.3 Å². The van der Waals surface area contributed by atoms with Gasteiger partial charge in [-0.2, -0.15) is 0 Å². The fourth-order valence-electron chi connectivity index (χ4n) is 3.58. The molecule has 1 fully saturated rings. The van der Waals surface area contributed by atoms with Crippen molar-refractivity contribution in [2.24, 2.45) is 5.16 Å². The number of aliphatic hydroxyl groups is 1. The van der Waals surface area contributed by atoms with Gasteiger partial charge in [0, 0.05) is 12.7 Å². The smallest absolute Gasteiger partial charge is 0.196 e. The molecule has 6 heteroatoms. The molecule has 27 heavy (non-hydrogen) atoms. The Balaban J connectivity index is 2.43. The number of nitrogens with zero attached hydrogens (tertiary/aromatic N) is 1. The first kappa shape index (κ1) is 22.1. The Bertz CT molecular complexity index is 631. The van der Waals surface area contributed by atoms with Crippen LogP contribution in [0.15, 0.2) is 35.5 Å². The molecule has 0 bridgehead atoms. The van der Waals surface area contributed by atoms with E-state index in [2.05, 4.69) is 39.4 Å². The minimum Gasteiger partial charge on any atom is -0.405 e. The first-order chi connectivity index (χ1) is 12.7. The van der Waals surface area contributed by atoms with Gasteiger partial charge < -0.3 is 19.1 Å². The summed E-state index contributed by atoms with van der Waals surface area (Å²) >= 11 is 0. The largest absolute Gasteiger partial charge is 0.405 e. The van der Waals surface area contributed by atoms with Crippen LogP contribution in [0.4, 0.5) is 0 Å². The lowest BCUT2D eigenvalue weighted by Crippen LogP contribution is -2.58. The number of benzene rings is 1. The molecule has 1 heterocycles. The molecular formula is C21H35NO4Si. The minimum absolute atomic E-state index is 0.0133. The highest BCUT2D eigenvalue weighted by Crippen LogP contribution is 2.48. The monoisotopic (exact) mass is 393 g/mol. The maximum atomic E-state index is 9.62. The topological polar surface area (TPSA) is 60.3 Å². The van der Waals surface area contributed by atoms with Crippen molar-refractivity contribution in [2.75, 3.05) is 13.7 Å². The Kier molecular flexibility index (Phi) is 7.25. The van der Waals surface area contributed by atoms with E-state index in [9.17, 15) is 5.11 Å². The second-order valence-electron chi connectivity index (χ2n) is 8.58. The van der Waals surface area contributed by atoms with Crippen molar-refractivity contribution < 1.29 is 19.1 Å². The normalized spacial score (nSPS) is 28.0. The lowest BCUT2D eigenvalue weighted by Gasteiger charge is -2.51. The maximum Gasteiger partial charge on any atom is 0.196 e. The van der Waals surface area contributed by atoms with Crippen LogP contribution >= 0.6 is 0 Å². The third-order valence-corrected chi connectivity index (χ3v) is 11.3. The van der Waals surface area contributed by atoms with Gasteiger partial charge in [-0.25, -0.2) is 0 Å². The van der Waals surface area contributed by atoms with Crippen LogP contribution in [0.2, 0.25) is 17.6 Å². The van der Waals surface area contributed by atoms with E-state index in [-0.39, 0.29) is 11.6 Å². The van der Waals surface area contributed by atoms with Crippen LogP contribution in [0.3, 0.4) is 0 Å². The molecule has 5 nitrogen and oxygen atoms in total. The number of rotatable bonds is 7. The van der Waals surface area contributed by atoms with Gasteiger partial charge in [-0.1, -0.05) is 69.6 Å². The van der Waals surface area contributed by atoms with Crippen molar-refractivity contribution >= 4 is 14.0 Å². The van der Waals surface area contributed by atoms with E-state index >= 15 is 0 Å². The van der Waals surface area contributed by atoms with Gasteiger partial charge in [-0.15, -0.1) is 0 Å². The van der Waals surface area contributed by atoms with Gasteiger partial charge in [0.2, 0.25) is 0 Å². The summed E-state index contributed by atoms with van der Waals surface area (Å²) < 4.78 is 11.9. The predicted octanol–water partition coefficient (Wildman–Crippen LogP) is 4.71. The minimum atomic E-state index is -1.97. The average Bonchev–Trinajstić information content (AvgIpc) is 2.64. The van der Waals surface area contributed by atoms with E-state index in [1.54, 1.807) is 0 Å². The average molecular weight is 394 g/mol. The highest BCUT2D eigenvalue weighted by Gasteiger charge is 2.52. The molecular weight excluding hydrogens is 358 g/mol. The van der Waals surface area contributed by atoms with E-state index in [4.69, 9.17) is 14.0 Å². The Labute approximate surface area is 164 Å². The molecule has 3 atom stereocenters. The van der Waals surface area contributed by atoms with E-state index in [0.29, 0.717) is 0 Å². The number of hydrogen-bond donors (Lipinski definition) is 1. The van der Waals surface area contributed by atoms with Gasteiger partial charge >= 0.3 is 0 Å². The zero-order chi connectivity index (χ0) is 20.1. The molecule has 0 amide bonds. The third kappa shape index (κ3) is 4.99. The molecule has 1 N–H and O–H groups in total. The molecule has 1 saturated heterocycles. The first-order valence-electron chi connectivity index (χ1n) is 9.84. The van der Waals surface area contributed by atoms with Crippen molar-refractivity contribution in [1.82, 2.24) is 0 Å². The molecule has 1 aliphatic rings. The number of hydrogen-bond acceptors (Lipinski definition) is 5. The Morgan fingerprint density at radius 2 is 2.00 bits per heavy atom. The maximum absolute atomic E-state index is 9.62.